The average molecular weight is 296 g/mol. The third-order valence-corrected chi connectivity index (χ3v) is 2.96. The molecule has 1 atom stereocenters. The molecule has 5 nitrogen and oxygen atoms in total. The van der Waals surface area contributed by atoms with Gasteiger partial charge in [0.25, 0.3) is 5.89 Å². The third kappa shape index (κ3) is 3.95. The van der Waals surface area contributed by atoms with E-state index < -0.39 is 0 Å². The highest BCUT2D eigenvalue weighted by molar-refractivity contribution is 6.30. The summed E-state index contributed by atoms with van der Waals surface area (Å²) in [5, 5.41) is 8.48. The van der Waals surface area contributed by atoms with Crippen LogP contribution in [0.25, 0.3) is 0 Å². The van der Waals surface area contributed by atoms with Crippen LogP contribution >= 0.6 is 11.6 Å². The molecule has 0 saturated carbocycles. The van der Waals surface area contributed by atoms with E-state index in [0.29, 0.717) is 29.6 Å². The first kappa shape index (κ1) is 14.8. The van der Waals surface area contributed by atoms with Crippen molar-refractivity contribution in [3.8, 4) is 5.75 Å². The second-order valence-electron chi connectivity index (χ2n) is 4.67. The van der Waals surface area contributed by atoms with Crippen molar-refractivity contribution in [2.45, 2.75) is 39.3 Å². The van der Waals surface area contributed by atoms with Gasteiger partial charge in [0.2, 0.25) is 5.89 Å². The van der Waals surface area contributed by atoms with E-state index in [1.807, 2.05) is 26.0 Å². The standard InChI is InChI=1S/C14H18ClN3O2/c1-3-13-17-18-14(20-13)8-19-12-5-4-11(15)7-10(12)6-9(2)16/h4-5,7,9H,3,6,8,16H2,1-2H3. The quantitative estimate of drug-likeness (QED) is 0.887. The fourth-order valence-electron chi connectivity index (χ4n) is 1.82. The molecular formula is C14H18ClN3O2. The summed E-state index contributed by atoms with van der Waals surface area (Å²) in [5.41, 5.74) is 6.81. The number of ether oxygens (including phenoxy) is 1. The molecule has 0 fully saturated rings. The van der Waals surface area contributed by atoms with Crippen LogP contribution in [0.1, 0.15) is 31.2 Å². The molecule has 0 saturated heterocycles. The maximum atomic E-state index is 6.00. The molecule has 1 unspecified atom stereocenters. The second kappa shape index (κ2) is 6.72. The van der Waals surface area contributed by atoms with Crippen molar-refractivity contribution >= 4 is 11.6 Å². The Kier molecular flexibility index (Phi) is 4.98. The minimum atomic E-state index is 0.0333. The van der Waals surface area contributed by atoms with Crippen molar-refractivity contribution < 1.29 is 9.15 Å². The van der Waals surface area contributed by atoms with E-state index in [2.05, 4.69) is 10.2 Å². The lowest BCUT2D eigenvalue weighted by atomic mass is 10.1. The van der Waals surface area contributed by atoms with Crippen LogP contribution in [0.3, 0.4) is 0 Å². The Bertz CT molecular complexity index is 569. The molecule has 0 aliphatic heterocycles. The molecule has 0 aliphatic carbocycles. The Hall–Kier alpha value is -1.59. The van der Waals surface area contributed by atoms with E-state index in [4.69, 9.17) is 26.5 Å². The van der Waals surface area contributed by atoms with E-state index in [1.165, 1.54) is 0 Å². The van der Waals surface area contributed by atoms with Crippen molar-refractivity contribution in [2.75, 3.05) is 0 Å². The largest absolute Gasteiger partial charge is 0.484 e. The summed E-state index contributed by atoms with van der Waals surface area (Å²) in [4.78, 5) is 0. The van der Waals surface area contributed by atoms with Crippen LogP contribution < -0.4 is 10.5 Å². The molecule has 2 rings (SSSR count). The maximum absolute atomic E-state index is 6.00. The van der Waals surface area contributed by atoms with Crippen LogP contribution in [0.5, 0.6) is 5.75 Å². The van der Waals surface area contributed by atoms with E-state index in [1.54, 1.807) is 6.07 Å². The molecule has 2 N–H and O–H groups in total. The van der Waals surface area contributed by atoms with Gasteiger partial charge in [-0.2, -0.15) is 0 Å². The molecule has 0 amide bonds. The van der Waals surface area contributed by atoms with Crippen LogP contribution in [0.2, 0.25) is 5.02 Å². The topological polar surface area (TPSA) is 74.2 Å². The first-order valence-electron chi connectivity index (χ1n) is 6.56. The SMILES string of the molecule is CCc1nnc(COc2ccc(Cl)cc2CC(C)N)o1. The Morgan fingerprint density at radius 1 is 1.35 bits per heavy atom. The van der Waals surface area contributed by atoms with Gasteiger partial charge in [0.15, 0.2) is 6.61 Å². The normalized spacial score (nSPS) is 12.4. The first-order chi connectivity index (χ1) is 9.58. The number of aryl methyl sites for hydroxylation is 1. The number of aromatic nitrogens is 2. The lowest BCUT2D eigenvalue weighted by molar-refractivity contribution is 0.256. The minimum absolute atomic E-state index is 0.0333. The van der Waals surface area contributed by atoms with Crippen molar-refractivity contribution in [1.29, 1.82) is 0 Å². The number of benzene rings is 1. The number of halogens is 1. The molecular weight excluding hydrogens is 278 g/mol. The summed E-state index contributed by atoms with van der Waals surface area (Å²) in [6.07, 6.45) is 1.41. The Labute approximate surface area is 123 Å². The number of nitrogens with two attached hydrogens (primary N) is 1. The third-order valence-electron chi connectivity index (χ3n) is 2.73. The predicted molar refractivity (Wildman–Crippen MR) is 76.8 cm³/mol. The zero-order valence-electron chi connectivity index (χ0n) is 11.6. The summed E-state index contributed by atoms with van der Waals surface area (Å²) in [6.45, 7) is 4.13. The van der Waals surface area contributed by atoms with Gasteiger partial charge in [0.1, 0.15) is 5.75 Å². The minimum Gasteiger partial charge on any atom is -0.484 e. The lowest BCUT2D eigenvalue weighted by Gasteiger charge is -2.12. The Morgan fingerprint density at radius 2 is 2.10 bits per heavy atom. The molecule has 2 aromatic rings. The summed E-state index contributed by atoms with van der Waals surface area (Å²) >= 11 is 6.00. The molecule has 1 aromatic heterocycles. The predicted octanol–water partition coefficient (Wildman–Crippen LogP) is 2.75. The van der Waals surface area contributed by atoms with Crippen LogP contribution in [-0.2, 0) is 19.4 Å². The molecule has 108 valence electrons. The smallest absolute Gasteiger partial charge is 0.253 e. The highest BCUT2D eigenvalue weighted by Crippen LogP contribution is 2.24. The number of nitrogens with zero attached hydrogens (tertiary/aromatic N) is 2. The molecule has 1 heterocycles. The fourth-order valence-corrected chi connectivity index (χ4v) is 2.02. The van der Waals surface area contributed by atoms with Gasteiger partial charge in [-0.3, -0.25) is 0 Å². The number of rotatable bonds is 6. The van der Waals surface area contributed by atoms with Crippen LogP contribution in [0, 0.1) is 0 Å². The zero-order valence-corrected chi connectivity index (χ0v) is 12.4. The van der Waals surface area contributed by atoms with Gasteiger partial charge in [0.05, 0.1) is 0 Å². The van der Waals surface area contributed by atoms with E-state index >= 15 is 0 Å². The molecule has 0 radical (unpaired) electrons. The summed E-state index contributed by atoms with van der Waals surface area (Å²) < 4.78 is 11.1. The molecule has 0 bridgehead atoms. The lowest BCUT2D eigenvalue weighted by Crippen LogP contribution is -2.18. The molecule has 0 aliphatic rings. The molecule has 20 heavy (non-hydrogen) atoms. The van der Waals surface area contributed by atoms with E-state index in [0.717, 1.165) is 11.3 Å². The Balaban J connectivity index is 2.08. The average Bonchev–Trinajstić information content (AvgIpc) is 2.85. The zero-order chi connectivity index (χ0) is 14.5. The van der Waals surface area contributed by atoms with Gasteiger partial charge in [-0.15, -0.1) is 10.2 Å². The van der Waals surface area contributed by atoms with Crippen molar-refractivity contribution in [2.24, 2.45) is 5.73 Å². The van der Waals surface area contributed by atoms with E-state index in [-0.39, 0.29) is 12.6 Å². The highest BCUT2D eigenvalue weighted by Gasteiger charge is 2.10. The van der Waals surface area contributed by atoms with Crippen LogP contribution in [0.4, 0.5) is 0 Å². The van der Waals surface area contributed by atoms with Gasteiger partial charge in [-0.25, -0.2) is 0 Å². The second-order valence-corrected chi connectivity index (χ2v) is 5.10. The van der Waals surface area contributed by atoms with Gasteiger partial charge in [-0.05, 0) is 37.1 Å². The maximum Gasteiger partial charge on any atom is 0.253 e. The van der Waals surface area contributed by atoms with Crippen molar-refractivity contribution in [3.63, 3.8) is 0 Å². The molecule has 0 spiro atoms. The van der Waals surface area contributed by atoms with Crippen LogP contribution in [0.15, 0.2) is 22.6 Å². The van der Waals surface area contributed by atoms with Gasteiger partial charge < -0.3 is 14.9 Å². The van der Waals surface area contributed by atoms with Crippen molar-refractivity contribution in [1.82, 2.24) is 10.2 Å². The van der Waals surface area contributed by atoms with Crippen LogP contribution in [-0.4, -0.2) is 16.2 Å². The summed E-state index contributed by atoms with van der Waals surface area (Å²) in [5.74, 6) is 1.81. The molecule has 6 heteroatoms. The highest BCUT2D eigenvalue weighted by atomic mass is 35.5. The van der Waals surface area contributed by atoms with Gasteiger partial charge in [-0.1, -0.05) is 18.5 Å². The fraction of sp³-hybridized carbons (Fsp3) is 0.429. The van der Waals surface area contributed by atoms with E-state index in [9.17, 15) is 0 Å². The first-order valence-corrected chi connectivity index (χ1v) is 6.94. The monoisotopic (exact) mass is 295 g/mol. The summed E-state index contributed by atoms with van der Waals surface area (Å²) in [7, 11) is 0. The van der Waals surface area contributed by atoms with Gasteiger partial charge >= 0.3 is 0 Å². The number of hydrogen-bond donors (Lipinski definition) is 1. The summed E-state index contributed by atoms with van der Waals surface area (Å²) in [6, 6.07) is 5.51. The van der Waals surface area contributed by atoms with Gasteiger partial charge in [0, 0.05) is 17.5 Å². The Morgan fingerprint density at radius 3 is 2.75 bits per heavy atom. The number of hydrogen-bond acceptors (Lipinski definition) is 5. The van der Waals surface area contributed by atoms with Crippen molar-refractivity contribution in [3.05, 3.63) is 40.6 Å². The molecule has 1 aromatic carbocycles.